The van der Waals surface area contributed by atoms with Crippen LogP contribution >= 0.6 is 24.0 Å². The van der Waals surface area contributed by atoms with Crippen molar-refractivity contribution in [3.63, 3.8) is 0 Å². The topological polar surface area (TPSA) is 66.7 Å². The molecule has 6 nitrogen and oxygen atoms in total. The highest BCUT2D eigenvalue weighted by Gasteiger charge is 2.33. The molecule has 0 radical (unpaired) electrons. The molecular weight excluding hydrogens is 428 g/mol. The van der Waals surface area contributed by atoms with Gasteiger partial charge in [-0.1, -0.05) is 63.2 Å². The van der Waals surface area contributed by atoms with Gasteiger partial charge in [-0.05, 0) is 43.4 Å². The maximum absolute atomic E-state index is 13.4. The van der Waals surface area contributed by atoms with E-state index >= 15 is 0 Å². The molecule has 0 atom stereocenters. The van der Waals surface area contributed by atoms with Crippen molar-refractivity contribution in [1.29, 1.82) is 0 Å². The number of nitrogens with zero attached hydrogens (tertiary/aromatic N) is 3. The van der Waals surface area contributed by atoms with Crippen molar-refractivity contribution in [2.24, 2.45) is 5.92 Å². The van der Waals surface area contributed by atoms with Crippen LogP contribution in [0, 0.1) is 12.8 Å². The Morgan fingerprint density at radius 1 is 1.29 bits per heavy atom. The summed E-state index contributed by atoms with van der Waals surface area (Å²) >= 11 is 6.69. The number of amides is 1. The van der Waals surface area contributed by atoms with Gasteiger partial charge in [-0.2, -0.15) is 0 Å². The lowest BCUT2D eigenvalue weighted by atomic mass is 9.95. The van der Waals surface area contributed by atoms with Crippen LogP contribution in [0.5, 0.6) is 0 Å². The van der Waals surface area contributed by atoms with Gasteiger partial charge < -0.3 is 5.32 Å². The summed E-state index contributed by atoms with van der Waals surface area (Å²) in [4.78, 5) is 33.4. The lowest BCUT2D eigenvalue weighted by Crippen LogP contribution is -2.31. The zero-order valence-corrected chi connectivity index (χ0v) is 19.8. The fourth-order valence-corrected chi connectivity index (χ4v) is 5.40. The molecule has 0 aromatic carbocycles. The summed E-state index contributed by atoms with van der Waals surface area (Å²) in [5.41, 5.74) is 1.80. The zero-order chi connectivity index (χ0) is 22.1. The number of hydrogen-bond donors (Lipinski definition) is 1. The molecule has 1 amide bonds. The van der Waals surface area contributed by atoms with Crippen LogP contribution in [-0.4, -0.2) is 37.1 Å². The summed E-state index contributed by atoms with van der Waals surface area (Å²) in [5, 5.41) is 3.52. The Labute approximate surface area is 192 Å². The lowest BCUT2D eigenvalue weighted by molar-refractivity contribution is -0.122. The minimum Gasteiger partial charge on any atom is -0.367 e. The van der Waals surface area contributed by atoms with E-state index in [1.165, 1.54) is 31.0 Å². The third kappa shape index (κ3) is 4.55. The van der Waals surface area contributed by atoms with Crippen molar-refractivity contribution in [3.8, 4) is 0 Å². The Kier molecular flexibility index (Phi) is 6.48. The Morgan fingerprint density at radius 2 is 2.03 bits per heavy atom. The predicted molar refractivity (Wildman–Crippen MR) is 131 cm³/mol. The molecule has 2 fully saturated rings. The highest BCUT2D eigenvalue weighted by Crippen LogP contribution is 2.34. The summed E-state index contributed by atoms with van der Waals surface area (Å²) < 4.78 is 2.10. The molecule has 1 N–H and O–H groups in total. The van der Waals surface area contributed by atoms with E-state index in [1.54, 1.807) is 21.6 Å². The second-order valence-corrected chi connectivity index (χ2v) is 10.4. The van der Waals surface area contributed by atoms with Crippen molar-refractivity contribution in [1.82, 2.24) is 14.3 Å². The number of thioether (sulfide) groups is 1. The first-order chi connectivity index (χ1) is 14.8. The minimum atomic E-state index is -0.180. The molecule has 0 unspecified atom stereocenters. The molecule has 1 saturated heterocycles. The first kappa shape index (κ1) is 22.0. The largest absolute Gasteiger partial charge is 0.367 e. The first-order valence-electron chi connectivity index (χ1n) is 10.9. The molecular formula is C23H28N4O2S2. The predicted octanol–water partition coefficient (Wildman–Crippen LogP) is 4.60. The third-order valence-electron chi connectivity index (χ3n) is 5.73. The summed E-state index contributed by atoms with van der Waals surface area (Å²) in [7, 11) is 0. The van der Waals surface area contributed by atoms with E-state index in [-0.39, 0.29) is 17.5 Å². The van der Waals surface area contributed by atoms with Crippen molar-refractivity contribution in [2.45, 2.75) is 58.9 Å². The smallest absolute Gasteiger partial charge is 0.267 e. The van der Waals surface area contributed by atoms with Crippen molar-refractivity contribution in [2.75, 3.05) is 11.9 Å². The SMILES string of the molecule is Cc1cccn2c(=O)c(C=C3SC(=S)N(CC(C)C)C3=O)c(NC3CCCCC3)nc12. The van der Waals surface area contributed by atoms with E-state index in [4.69, 9.17) is 17.2 Å². The number of carbonyl (C=O) groups is 1. The van der Waals surface area contributed by atoms with Crippen molar-refractivity contribution in [3.05, 3.63) is 44.7 Å². The number of nitrogens with one attached hydrogen (secondary N) is 1. The monoisotopic (exact) mass is 456 g/mol. The molecule has 2 aliphatic rings. The van der Waals surface area contributed by atoms with Crippen LogP contribution in [0.15, 0.2) is 28.0 Å². The first-order valence-corrected chi connectivity index (χ1v) is 12.1. The van der Waals surface area contributed by atoms with Gasteiger partial charge in [-0.25, -0.2) is 4.98 Å². The van der Waals surface area contributed by atoms with Crippen LogP contribution in [0.1, 0.15) is 57.1 Å². The third-order valence-corrected chi connectivity index (χ3v) is 7.10. The second-order valence-electron chi connectivity index (χ2n) is 8.73. The van der Waals surface area contributed by atoms with Crippen LogP contribution in [0.3, 0.4) is 0 Å². The molecule has 8 heteroatoms. The Bertz CT molecular complexity index is 1120. The van der Waals surface area contributed by atoms with Crippen LogP contribution in [0.25, 0.3) is 11.7 Å². The second kappa shape index (κ2) is 9.12. The summed E-state index contributed by atoms with van der Waals surface area (Å²) in [6.07, 6.45) is 9.11. The number of rotatable bonds is 5. The van der Waals surface area contributed by atoms with E-state index < -0.39 is 0 Å². The van der Waals surface area contributed by atoms with Crippen molar-refractivity contribution >= 4 is 51.7 Å². The lowest BCUT2D eigenvalue weighted by Gasteiger charge is -2.24. The van der Waals surface area contributed by atoms with Crippen LogP contribution in [0.2, 0.25) is 0 Å². The van der Waals surface area contributed by atoms with Crippen LogP contribution < -0.4 is 10.9 Å². The number of pyridine rings is 1. The van der Waals surface area contributed by atoms with E-state index in [9.17, 15) is 9.59 Å². The fraction of sp³-hybridized carbons (Fsp3) is 0.478. The molecule has 2 aromatic rings. The number of aromatic nitrogens is 2. The van der Waals surface area contributed by atoms with E-state index in [0.717, 1.165) is 18.4 Å². The Hall–Kier alpha value is -2.19. The number of thiocarbonyl (C=S) groups is 1. The summed E-state index contributed by atoms with van der Waals surface area (Å²) in [5.74, 6) is 0.725. The Balaban J connectivity index is 1.80. The van der Waals surface area contributed by atoms with E-state index in [0.29, 0.717) is 38.7 Å². The van der Waals surface area contributed by atoms with E-state index in [1.807, 2.05) is 19.1 Å². The van der Waals surface area contributed by atoms with Gasteiger partial charge in [-0.3, -0.25) is 18.9 Å². The average molecular weight is 457 g/mol. The van der Waals surface area contributed by atoms with Gasteiger partial charge in [0.2, 0.25) is 0 Å². The van der Waals surface area contributed by atoms with Gasteiger partial charge in [-0.15, -0.1) is 0 Å². The molecule has 1 saturated carbocycles. The van der Waals surface area contributed by atoms with Crippen LogP contribution in [-0.2, 0) is 4.79 Å². The highest BCUT2D eigenvalue weighted by molar-refractivity contribution is 8.26. The molecule has 31 heavy (non-hydrogen) atoms. The Morgan fingerprint density at radius 3 is 2.74 bits per heavy atom. The fourth-order valence-electron chi connectivity index (χ4n) is 4.15. The number of hydrogen-bond acceptors (Lipinski definition) is 6. The van der Waals surface area contributed by atoms with Gasteiger partial charge >= 0.3 is 0 Å². The van der Waals surface area contributed by atoms with Crippen molar-refractivity contribution < 1.29 is 4.79 Å². The van der Waals surface area contributed by atoms with Gasteiger partial charge in [0.1, 0.15) is 15.8 Å². The molecule has 164 valence electrons. The molecule has 0 bridgehead atoms. The standard InChI is InChI=1S/C23H28N4O2S2/c1-14(2)13-27-22(29)18(31-23(27)30)12-17-19(24-16-9-5-4-6-10-16)25-20-15(3)8-7-11-26(20)21(17)28/h7-8,11-12,14,16,24H,4-6,9-10,13H2,1-3H3. The zero-order valence-electron chi connectivity index (χ0n) is 18.2. The maximum atomic E-state index is 13.4. The normalized spacial score (nSPS) is 19.2. The van der Waals surface area contributed by atoms with Crippen LogP contribution in [0.4, 0.5) is 5.82 Å². The summed E-state index contributed by atoms with van der Waals surface area (Å²) in [6, 6.07) is 4.07. The molecule has 3 heterocycles. The molecule has 2 aromatic heterocycles. The van der Waals surface area contributed by atoms with E-state index in [2.05, 4.69) is 19.2 Å². The summed E-state index contributed by atoms with van der Waals surface area (Å²) in [6.45, 7) is 6.62. The highest BCUT2D eigenvalue weighted by atomic mass is 32.2. The quantitative estimate of drug-likeness (QED) is 0.524. The number of aryl methyl sites for hydroxylation is 1. The number of carbonyl (C=O) groups excluding carboxylic acids is 1. The minimum absolute atomic E-state index is 0.138. The molecule has 1 aliphatic carbocycles. The van der Waals surface area contributed by atoms with Gasteiger partial charge in [0, 0.05) is 18.8 Å². The molecule has 1 aliphatic heterocycles. The van der Waals surface area contributed by atoms with Gasteiger partial charge in [0.15, 0.2) is 0 Å². The average Bonchev–Trinajstić information content (AvgIpc) is 2.99. The van der Waals surface area contributed by atoms with Gasteiger partial charge in [0.25, 0.3) is 11.5 Å². The maximum Gasteiger partial charge on any atom is 0.267 e. The number of anilines is 1. The van der Waals surface area contributed by atoms with Gasteiger partial charge in [0.05, 0.1) is 10.5 Å². The molecule has 4 rings (SSSR count). The number of fused-ring (bicyclic) bond motifs is 1. The molecule has 0 spiro atoms.